The summed E-state index contributed by atoms with van der Waals surface area (Å²) >= 11 is 81.0. The van der Waals surface area contributed by atoms with E-state index in [1.165, 1.54) is 5.56 Å². The van der Waals surface area contributed by atoms with E-state index >= 15 is 0 Å². The van der Waals surface area contributed by atoms with Gasteiger partial charge in [0, 0.05) is 146 Å². The average Bonchev–Trinajstić information content (AvgIpc) is 1.01. The standard InChI is InChI=1S/C26H25Cl3N2O.C24H19Cl3N2O3.2C24H21Cl3N2OS/c1-18(15-19-5-3-2-4-6-19)26(32)30-13-14-31(24-12-11-22(28)16-23(24)29)25(17-30)20-7-9-21(27)10-8-20;25-17-4-1-15(2-5-17)21-13-28(9-10-29(21)20-7-6-18(26)12-19(20)27)24(30)16-3-8-22-23(11-16)32-14-31-22;1-31-23-5-3-2-4-19(23)24(30)28-12-13-29(21-11-10-18(26)14-20(21)27)22(15-28)16-6-8-17(25)9-7-16;25-19-7-5-17(6-8-19)23-14-28(24(30)18-3-1-16(15-31)2-4-18)11-12-29(23)22-10-9-20(26)13-21(22)27/h2-12,16,18,25H,13-15,17H2,1H3;1-8,11-12,21H,9-10,13-14H2;2-11,14,22H,12-13,15H2,1H3;1-10,13,23,31H,11-12,14-15H2. The van der Waals surface area contributed by atoms with Crippen LogP contribution in [-0.2, 0) is 17.0 Å². The predicted molar refractivity (Wildman–Crippen MR) is 526 cm³/mol. The van der Waals surface area contributed by atoms with Gasteiger partial charge < -0.3 is 48.7 Å². The minimum Gasteiger partial charge on any atom is -0.454 e. The third kappa shape index (κ3) is 23.2. The molecule has 650 valence electrons. The number of halogens is 12. The predicted octanol–water partition coefficient (Wildman–Crippen LogP) is 26.8. The molecule has 5 unspecified atom stereocenters. The van der Waals surface area contributed by atoms with Crippen molar-refractivity contribution in [1.82, 2.24) is 19.6 Å². The van der Waals surface area contributed by atoms with Crippen LogP contribution in [0, 0.1) is 5.92 Å². The smallest absolute Gasteiger partial charge is 0.255 e. The Kier molecular flexibility index (Phi) is 32.5. The topological polar surface area (TPSA) is 113 Å². The molecule has 5 atom stereocenters. The summed E-state index contributed by atoms with van der Waals surface area (Å²) in [6.45, 7) is 9.32. The summed E-state index contributed by atoms with van der Waals surface area (Å²) in [6.07, 6.45) is 2.72. The maximum atomic E-state index is 13.4. The molecular formula is C98H86Cl12N8O6S2. The molecule has 5 aliphatic heterocycles. The molecule has 4 amide bonds. The van der Waals surface area contributed by atoms with E-state index in [1.54, 1.807) is 54.2 Å². The van der Waals surface area contributed by atoms with Gasteiger partial charge in [-0.1, -0.05) is 249 Å². The van der Waals surface area contributed by atoms with E-state index in [4.69, 9.17) is 149 Å². The van der Waals surface area contributed by atoms with E-state index in [1.807, 2.05) is 245 Å². The van der Waals surface area contributed by atoms with Gasteiger partial charge in [0.15, 0.2) is 11.5 Å². The number of benzene rings is 12. The molecule has 0 saturated carbocycles. The molecular weight excluding hydrogens is 1870 g/mol. The zero-order valence-electron chi connectivity index (χ0n) is 68.3. The minimum atomic E-state index is -0.0994. The van der Waals surface area contributed by atoms with E-state index in [-0.39, 0.29) is 60.5 Å². The van der Waals surface area contributed by atoms with Crippen LogP contribution >= 0.6 is 164 Å². The summed E-state index contributed by atoms with van der Waals surface area (Å²) < 4.78 is 10.8. The number of fused-ring (bicyclic) bond motifs is 1. The molecule has 5 heterocycles. The highest BCUT2D eigenvalue weighted by molar-refractivity contribution is 7.98. The molecule has 28 heteroatoms. The Bertz CT molecular complexity index is 5820. The number of thiol groups is 1. The van der Waals surface area contributed by atoms with Gasteiger partial charge >= 0.3 is 0 Å². The largest absolute Gasteiger partial charge is 0.454 e. The van der Waals surface area contributed by atoms with Crippen LogP contribution in [0.15, 0.2) is 272 Å². The first kappa shape index (κ1) is 93.6. The maximum absolute atomic E-state index is 13.4. The lowest BCUT2D eigenvalue weighted by atomic mass is 9.97. The second kappa shape index (κ2) is 43.7. The monoisotopic (exact) mass is 1950 g/mol. The first-order chi connectivity index (χ1) is 60.8. The minimum absolute atomic E-state index is 0.0199. The summed E-state index contributed by atoms with van der Waals surface area (Å²) in [5.74, 6) is 2.00. The van der Waals surface area contributed by atoms with Crippen molar-refractivity contribution in [2.24, 2.45) is 5.92 Å². The van der Waals surface area contributed by atoms with Crippen LogP contribution in [-0.4, -0.2) is 135 Å². The molecule has 0 aromatic heterocycles. The van der Waals surface area contributed by atoms with Crippen molar-refractivity contribution in [3.05, 3.63) is 377 Å². The summed E-state index contributed by atoms with van der Waals surface area (Å²) in [5.41, 5.74) is 12.1. The van der Waals surface area contributed by atoms with E-state index < -0.39 is 0 Å². The van der Waals surface area contributed by atoms with Gasteiger partial charge in [-0.05, 0) is 210 Å². The molecule has 126 heavy (non-hydrogen) atoms. The molecule has 0 spiro atoms. The molecule has 14 nitrogen and oxygen atoms in total. The third-order valence-corrected chi connectivity index (χ3v) is 27.1. The number of hydrogen-bond donors (Lipinski definition) is 1. The van der Waals surface area contributed by atoms with E-state index in [2.05, 4.69) is 44.4 Å². The highest BCUT2D eigenvalue weighted by Crippen LogP contribution is 2.44. The number of hydrogen-bond acceptors (Lipinski definition) is 12. The van der Waals surface area contributed by atoms with Crippen LogP contribution in [0.5, 0.6) is 11.5 Å². The Morgan fingerprint density at radius 2 is 0.683 bits per heavy atom. The van der Waals surface area contributed by atoms with E-state index in [0.717, 1.165) is 67.4 Å². The van der Waals surface area contributed by atoms with Crippen molar-refractivity contribution < 1.29 is 28.7 Å². The Morgan fingerprint density at radius 1 is 0.349 bits per heavy atom. The Balaban J connectivity index is 0.000000136. The molecule has 4 saturated heterocycles. The summed E-state index contributed by atoms with van der Waals surface area (Å²) in [7, 11) is 0. The highest BCUT2D eigenvalue weighted by atomic mass is 35.5. The van der Waals surface area contributed by atoms with Crippen molar-refractivity contribution in [2.75, 3.05) is 111 Å². The molecule has 0 N–H and O–H groups in total. The van der Waals surface area contributed by atoms with Crippen LogP contribution in [0.25, 0.3) is 0 Å². The number of thioether (sulfide) groups is 1. The van der Waals surface area contributed by atoms with Gasteiger partial charge in [-0.2, -0.15) is 12.6 Å². The Morgan fingerprint density at radius 3 is 1.06 bits per heavy atom. The van der Waals surface area contributed by atoms with Gasteiger partial charge in [0.2, 0.25) is 12.7 Å². The Hall–Kier alpha value is -8.50. The second-order valence-electron chi connectivity index (χ2n) is 30.7. The third-order valence-electron chi connectivity index (χ3n) is 22.7. The number of carbonyl (C=O) groups is 4. The lowest BCUT2D eigenvalue weighted by Gasteiger charge is -2.44. The van der Waals surface area contributed by atoms with Crippen molar-refractivity contribution >= 4 is 210 Å². The van der Waals surface area contributed by atoms with Crippen LogP contribution in [0.3, 0.4) is 0 Å². The van der Waals surface area contributed by atoms with Crippen molar-refractivity contribution in [1.29, 1.82) is 0 Å². The van der Waals surface area contributed by atoms with E-state index in [9.17, 15) is 19.2 Å². The summed E-state index contributed by atoms with van der Waals surface area (Å²) in [5, 5.41) is 7.44. The van der Waals surface area contributed by atoms with Crippen LogP contribution in [0.4, 0.5) is 22.7 Å². The van der Waals surface area contributed by atoms with E-state index in [0.29, 0.717) is 167 Å². The van der Waals surface area contributed by atoms with Gasteiger partial charge in [-0.25, -0.2) is 0 Å². The zero-order chi connectivity index (χ0) is 88.8. The van der Waals surface area contributed by atoms with Crippen molar-refractivity contribution in [3.8, 4) is 11.5 Å². The molecule has 17 rings (SSSR count). The number of carbonyl (C=O) groups excluding carboxylic acids is 4. The Labute approximate surface area is 804 Å². The lowest BCUT2D eigenvalue weighted by Crippen LogP contribution is -2.52. The number of ether oxygens (including phenoxy) is 2. The first-order valence-electron chi connectivity index (χ1n) is 40.7. The fourth-order valence-electron chi connectivity index (χ4n) is 16.3. The SMILES string of the molecule is CC(Cc1ccccc1)C(=O)N1CCN(c2ccc(Cl)cc2Cl)C(c2ccc(Cl)cc2)C1.CSc1ccccc1C(=O)N1CCN(c2ccc(Cl)cc2Cl)C(c2ccc(Cl)cc2)C1.O=C(c1ccc(CS)cc1)N1CCN(c2ccc(Cl)cc2Cl)C(c2ccc(Cl)cc2)C1.O=C(c1ccc2c(c1)OCO2)N1CCN(c2ccc(Cl)cc2Cl)C(c2ccc(Cl)cc2)C1. The quantitative estimate of drug-likeness (QED) is 0.0737. The van der Waals surface area contributed by atoms with Gasteiger partial charge in [0.1, 0.15) is 0 Å². The number of nitrogens with zero attached hydrogens (tertiary/aromatic N) is 8. The van der Waals surface area contributed by atoms with Gasteiger partial charge in [0.05, 0.1) is 72.6 Å². The van der Waals surface area contributed by atoms with Crippen LogP contribution < -0.4 is 29.1 Å². The summed E-state index contributed by atoms with van der Waals surface area (Å²) in [6, 6.07) is 83.7. The number of amides is 4. The zero-order valence-corrected chi connectivity index (χ0v) is 79.1. The van der Waals surface area contributed by atoms with Gasteiger partial charge in [0.25, 0.3) is 17.7 Å². The second-order valence-corrected chi connectivity index (χ2v) is 37.0. The molecule has 0 bridgehead atoms. The van der Waals surface area contributed by atoms with Gasteiger partial charge in [-0.15, -0.1) is 11.8 Å². The fraction of sp³-hybridized carbons (Fsp3) is 0.224. The summed E-state index contributed by atoms with van der Waals surface area (Å²) in [4.78, 5) is 70.9. The van der Waals surface area contributed by atoms with Crippen molar-refractivity contribution in [2.45, 2.75) is 48.2 Å². The number of rotatable bonds is 16. The normalized spacial score (nSPS) is 16.9. The van der Waals surface area contributed by atoms with Gasteiger partial charge in [-0.3, -0.25) is 19.2 Å². The molecule has 4 fully saturated rings. The molecule has 0 radical (unpaired) electrons. The average molecular weight is 1960 g/mol. The molecule has 0 aliphatic carbocycles. The lowest BCUT2D eigenvalue weighted by molar-refractivity contribution is -0.135. The highest BCUT2D eigenvalue weighted by Gasteiger charge is 2.39. The fourth-order valence-corrected chi connectivity index (χ4v) is 19.7. The van der Waals surface area contributed by atoms with Crippen LogP contribution in [0.1, 0.15) is 95.5 Å². The number of anilines is 4. The molecule has 12 aromatic carbocycles. The molecule has 5 aliphatic rings. The molecule has 12 aromatic rings. The van der Waals surface area contributed by atoms with Crippen molar-refractivity contribution in [3.63, 3.8) is 0 Å². The first-order valence-corrected chi connectivity index (χ1v) is 47.1. The van der Waals surface area contributed by atoms with Crippen LogP contribution in [0.2, 0.25) is 60.3 Å². The number of piperazine rings is 4. The maximum Gasteiger partial charge on any atom is 0.255 e.